The van der Waals surface area contributed by atoms with Gasteiger partial charge in [-0.05, 0) is 30.3 Å². The maximum absolute atomic E-state index is 12.1. The molecule has 112 valence electrons. The molecule has 1 aromatic heterocycles. The summed E-state index contributed by atoms with van der Waals surface area (Å²) in [5.74, 6) is -0.491. The van der Waals surface area contributed by atoms with Gasteiger partial charge in [-0.25, -0.2) is 0 Å². The van der Waals surface area contributed by atoms with Crippen molar-refractivity contribution >= 4 is 11.6 Å². The van der Waals surface area contributed by atoms with Crippen molar-refractivity contribution in [1.29, 1.82) is 0 Å². The van der Waals surface area contributed by atoms with E-state index in [9.17, 15) is 18.0 Å². The first-order valence-electron chi connectivity index (χ1n) is 5.81. The van der Waals surface area contributed by atoms with Gasteiger partial charge < -0.3 is 20.2 Å². The predicted molar refractivity (Wildman–Crippen MR) is 67.4 cm³/mol. The molecule has 0 saturated heterocycles. The third-order valence-electron chi connectivity index (χ3n) is 2.50. The van der Waals surface area contributed by atoms with Crippen LogP contribution in [0.1, 0.15) is 16.1 Å². The van der Waals surface area contributed by atoms with Crippen LogP contribution in [0.15, 0.2) is 41.0 Å². The Kier molecular flexibility index (Phi) is 4.06. The van der Waals surface area contributed by atoms with E-state index >= 15 is 0 Å². The molecule has 0 spiro atoms. The Morgan fingerprint density at radius 1 is 1.33 bits per heavy atom. The molecule has 2 rings (SSSR count). The normalized spacial score (nSPS) is 11.2. The van der Waals surface area contributed by atoms with Crippen LogP contribution >= 0.6 is 0 Å². The number of nitrogens with one attached hydrogen (secondary N) is 1. The molecule has 0 fully saturated rings. The summed E-state index contributed by atoms with van der Waals surface area (Å²) in [4.78, 5) is 11.8. The topological polar surface area (TPSA) is 77.5 Å². The average Bonchev–Trinajstić information content (AvgIpc) is 2.90. The molecule has 21 heavy (non-hydrogen) atoms. The van der Waals surface area contributed by atoms with E-state index in [0.29, 0.717) is 5.76 Å². The first-order chi connectivity index (χ1) is 9.85. The van der Waals surface area contributed by atoms with E-state index < -0.39 is 18.0 Å². The van der Waals surface area contributed by atoms with Crippen molar-refractivity contribution in [3.8, 4) is 5.75 Å². The average molecular weight is 300 g/mol. The standard InChI is InChI=1S/C13H11F3N2O3/c14-13(15,16)21-11-4-3-8(6-10(11)17)12(19)18-7-9-2-1-5-20-9/h1-6H,7,17H2,(H,18,19). The Balaban J connectivity index is 2.03. The van der Waals surface area contributed by atoms with Gasteiger partial charge in [0.05, 0.1) is 18.5 Å². The maximum atomic E-state index is 12.1. The summed E-state index contributed by atoms with van der Waals surface area (Å²) in [5, 5.41) is 2.55. The second-order valence-electron chi connectivity index (χ2n) is 4.06. The zero-order valence-electron chi connectivity index (χ0n) is 10.6. The number of benzene rings is 1. The van der Waals surface area contributed by atoms with E-state index in [0.717, 1.165) is 12.1 Å². The van der Waals surface area contributed by atoms with Crippen molar-refractivity contribution in [3.05, 3.63) is 47.9 Å². The van der Waals surface area contributed by atoms with E-state index in [1.807, 2.05) is 0 Å². The lowest BCUT2D eigenvalue weighted by Crippen LogP contribution is -2.23. The molecule has 0 aliphatic carbocycles. The van der Waals surface area contributed by atoms with Crippen LogP contribution < -0.4 is 15.8 Å². The van der Waals surface area contributed by atoms with E-state index in [4.69, 9.17) is 10.2 Å². The Hall–Kier alpha value is -2.64. The number of halogens is 3. The maximum Gasteiger partial charge on any atom is 0.573 e. The molecule has 0 radical (unpaired) electrons. The first kappa shape index (κ1) is 14.8. The minimum atomic E-state index is -4.84. The van der Waals surface area contributed by atoms with Crippen LogP contribution in [-0.2, 0) is 6.54 Å². The zero-order chi connectivity index (χ0) is 15.5. The van der Waals surface area contributed by atoms with Crippen LogP contribution in [-0.4, -0.2) is 12.3 Å². The van der Waals surface area contributed by atoms with Crippen molar-refractivity contribution in [2.24, 2.45) is 0 Å². The van der Waals surface area contributed by atoms with Crippen molar-refractivity contribution < 1.29 is 27.1 Å². The lowest BCUT2D eigenvalue weighted by atomic mass is 10.1. The number of rotatable bonds is 4. The van der Waals surface area contributed by atoms with E-state index in [2.05, 4.69) is 10.1 Å². The quantitative estimate of drug-likeness (QED) is 0.851. The number of furan rings is 1. The number of anilines is 1. The summed E-state index contributed by atoms with van der Waals surface area (Å²) in [6, 6.07) is 6.63. The summed E-state index contributed by atoms with van der Waals surface area (Å²) in [6.45, 7) is 0.159. The third-order valence-corrected chi connectivity index (χ3v) is 2.50. The minimum Gasteiger partial charge on any atom is -0.467 e. The number of hydrogen-bond donors (Lipinski definition) is 2. The fourth-order valence-electron chi connectivity index (χ4n) is 1.59. The van der Waals surface area contributed by atoms with Gasteiger partial charge in [0, 0.05) is 5.56 Å². The molecule has 0 aliphatic rings. The molecule has 1 heterocycles. The van der Waals surface area contributed by atoms with Crippen LogP contribution in [0.25, 0.3) is 0 Å². The largest absolute Gasteiger partial charge is 0.573 e. The number of amides is 1. The highest BCUT2D eigenvalue weighted by molar-refractivity contribution is 5.95. The summed E-state index contributed by atoms with van der Waals surface area (Å²) in [6.07, 6.45) is -3.38. The summed E-state index contributed by atoms with van der Waals surface area (Å²) in [7, 11) is 0. The molecule has 0 unspecified atom stereocenters. The van der Waals surface area contributed by atoms with Crippen molar-refractivity contribution in [2.45, 2.75) is 12.9 Å². The van der Waals surface area contributed by atoms with Crippen LogP contribution in [0.3, 0.4) is 0 Å². The highest BCUT2D eigenvalue weighted by Gasteiger charge is 2.32. The van der Waals surface area contributed by atoms with Crippen LogP contribution in [0.2, 0.25) is 0 Å². The number of carbonyl (C=O) groups excluding carboxylic acids is 1. The molecule has 8 heteroatoms. The van der Waals surface area contributed by atoms with Crippen LogP contribution in [0.4, 0.5) is 18.9 Å². The fraction of sp³-hybridized carbons (Fsp3) is 0.154. The fourth-order valence-corrected chi connectivity index (χ4v) is 1.59. The van der Waals surface area contributed by atoms with Crippen molar-refractivity contribution in [1.82, 2.24) is 5.32 Å². The van der Waals surface area contributed by atoms with Crippen molar-refractivity contribution in [3.63, 3.8) is 0 Å². The Morgan fingerprint density at radius 2 is 2.10 bits per heavy atom. The van der Waals surface area contributed by atoms with Gasteiger partial charge in [0.1, 0.15) is 5.76 Å². The predicted octanol–water partition coefficient (Wildman–Crippen LogP) is 2.69. The second-order valence-corrected chi connectivity index (χ2v) is 4.06. The number of carbonyl (C=O) groups is 1. The molecule has 0 atom stereocenters. The van der Waals surface area contributed by atoms with E-state index in [1.165, 1.54) is 12.3 Å². The molecule has 1 aromatic carbocycles. The van der Waals surface area contributed by atoms with E-state index in [-0.39, 0.29) is 17.8 Å². The smallest absolute Gasteiger partial charge is 0.467 e. The van der Waals surface area contributed by atoms with Gasteiger partial charge in [-0.2, -0.15) is 0 Å². The number of hydrogen-bond acceptors (Lipinski definition) is 4. The van der Waals surface area contributed by atoms with Crippen LogP contribution in [0.5, 0.6) is 5.75 Å². The van der Waals surface area contributed by atoms with Gasteiger partial charge in [0.25, 0.3) is 5.91 Å². The van der Waals surface area contributed by atoms with E-state index in [1.54, 1.807) is 12.1 Å². The van der Waals surface area contributed by atoms with Gasteiger partial charge in [0.2, 0.25) is 0 Å². The number of alkyl halides is 3. The molecule has 3 N–H and O–H groups in total. The zero-order valence-corrected chi connectivity index (χ0v) is 10.6. The van der Waals surface area contributed by atoms with Gasteiger partial charge in [-0.3, -0.25) is 4.79 Å². The van der Waals surface area contributed by atoms with Gasteiger partial charge >= 0.3 is 6.36 Å². The molecule has 5 nitrogen and oxygen atoms in total. The van der Waals surface area contributed by atoms with Crippen molar-refractivity contribution in [2.75, 3.05) is 5.73 Å². The SMILES string of the molecule is Nc1cc(C(=O)NCc2ccco2)ccc1OC(F)(F)F. The second kappa shape index (κ2) is 5.78. The summed E-state index contributed by atoms with van der Waals surface area (Å²) >= 11 is 0. The molecular weight excluding hydrogens is 289 g/mol. The highest BCUT2D eigenvalue weighted by atomic mass is 19.4. The summed E-state index contributed by atoms with van der Waals surface area (Å²) < 4.78 is 45.0. The summed E-state index contributed by atoms with van der Waals surface area (Å²) in [5.41, 5.74) is 5.27. The van der Waals surface area contributed by atoms with Gasteiger partial charge in [-0.15, -0.1) is 13.2 Å². The lowest BCUT2D eigenvalue weighted by Gasteiger charge is -2.12. The molecule has 2 aromatic rings. The molecule has 1 amide bonds. The lowest BCUT2D eigenvalue weighted by molar-refractivity contribution is -0.274. The Morgan fingerprint density at radius 3 is 2.67 bits per heavy atom. The molecule has 0 aliphatic heterocycles. The monoisotopic (exact) mass is 300 g/mol. The van der Waals surface area contributed by atoms with Gasteiger partial charge in [-0.1, -0.05) is 0 Å². The number of ether oxygens (including phenoxy) is 1. The minimum absolute atomic E-state index is 0.119. The van der Waals surface area contributed by atoms with Crippen LogP contribution in [0, 0.1) is 0 Å². The molecular formula is C13H11F3N2O3. The Bertz CT molecular complexity index is 624. The van der Waals surface area contributed by atoms with Gasteiger partial charge in [0.15, 0.2) is 5.75 Å². The molecule has 0 saturated carbocycles. The number of nitrogens with two attached hydrogens (primary N) is 1. The Labute approximate surface area is 117 Å². The molecule has 0 bridgehead atoms. The number of nitrogen functional groups attached to an aromatic ring is 1. The third kappa shape index (κ3) is 4.16. The first-order valence-corrected chi connectivity index (χ1v) is 5.81. The highest BCUT2D eigenvalue weighted by Crippen LogP contribution is 2.28.